The van der Waals surface area contributed by atoms with E-state index < -0.39 is 0 Å². The second-order valence-electron chi connectivity index (χ2n) is 5.87. The fourth-order valence-corrected chi connectivity index (χ4v) is 2.80. The van der Waals surface area contributed by atoms with Gasteiger partial charge in [0, 0.05) is 36.8 Å². The van der Waals surface area contributed by atoms with E-state index in [-0.39, 0.29) is 17.9 Å². The molecule has 2 aliphatic rings. The van der Waals surface area contributed by atoms with E-state index in [1.807, 2.05) is 17.0 Å². The van der Waals surface area contributed by atoms with Crippen LogP contribution in [-0.4, -0.2) is 40.7 Å². The molecule has 1 amide bonds. The molecule has 1 aromatic heterocycles. The number of rotatable bonds is 6. The Balaban J connectivity index is 1.58. The molecule has 1 fully saturated rings. The van der Waals surface area contributed by atoms with Crippen LogP contribution in [0.5, 0.6) is 0 Å². The number of carbonyl (C=O) groups is 1. The molecule has 1 aliphatic heterocycles. The van der Waals surface area contributed by atoms with Gasteiger partial charge in [-0.05, 0) is 25.0 Å². The van der Waals surface area contributed by atoms with Crippen molar-refractivity contribution in [2.24, 2.45) is 11.1 Å². The molecule has 5 nitrogen and oxygen atoms in total. The molecule has 3 rings (SSSR count). The molecule has 5 heteroatoms. The summed E-state index contributed by atoms with van der Waals surface area (Å²) in [7, 11) is 0. The van der Waals surface area contributed by atoms with E-state index >= 15 is 0 Å². The van der Waals surface area contributed by atoms with Crippen molar-refractivity contribution in [1.29, 1.82) is 0 Å². The molecule has 0 radical (unpaired) electrons. The smallest absolute Gasteiger partial charge is 0.226 e. The van der Waals surface area contributed by atoms with Gasteiger partial charge in [0.15, 0.2) is 6.10 Å². The standard InChI is InChI=1S/C17H21N3O2/c1-2-9-20(17(21)13-5-3-6-13)12-15-10-16(19-22-15)14-7-4-8-18-11-14/h2,4,7-8,11,13,15H,1,3,5-6,9-10,12H2/t15-/m0/s1. The Morgan fingerprint density at radius 2 is 2.36 bits per heavy atom. The molecule has 116 valence electrons. The lowest BCUT2D eigenvalue weighted by molar-refractivity contribution is -0.139. The zero-order valence-corrected chi connectivity index (χ0v) is 12.6. The summed E-state index contributed by atoms with van der Waals surface area (Å²) in [5.41, 5.74) is 1.87. The van der Waals surface area contributed by atoms with Gasteiger partial charge in [0.2, 0.25) is 5.91 Å². The Labute approximate surface area is 130 Å². The van der Waals surface area contributed by atoms with Gasteiger partial charge in [-0.1, -0.05) is 17.7 Å². The molecule has 22 heavy (non-hydrogen) atoms. The molecule has 1 atom stereocenters. The molecular weight excluding hydrogens is 278 g/mol. The first-order valence-corrected chi connectivity index (χ1v) is 7.80. The molecule has 0 unspecified atom stereocenters. The number of aromatic nitrogens is 1. The van der Waals surface area contributed by atoms with Gasteiger partial charge in [0.05, 0.1) is 12.3 Å². The molecule has 0 bridgehead atoms. The summed E-state index contributed by atoms with van der Waals surface area (Å²) in [5, 5.41) is 4.15. The lowest BCUT2D eigenvalue weighted by Gasteiger charge is -2.32. The maximum Gasteiger partial charge on any atom is 0.226 e. The summed E-state index contributed by atoms with van der Waals surface area (Å²) in [6.45, 7) is 4.88. The lowest BCUT2D eigenvalue weighted by atomic mass is 9.84. The Kier molecular flexibility index (Phi) is 4.51. The summed E-state index contributed by atoms with van der Waals surface area (Å²) in [6.07, 6.45) is 9.09. The van der Waals surface area contributed by atoms with E-state index in [2.05, 4.69) is 16.7 Å². The van der Waals surface area contributed by atoms with Gasteiger partial charge in [-0.3, -0.25) is 9.78 Å². The normalized spacial score (nSPS) is 20.7. The largest absolute Gasteiger partial charge is 0.390 e. The quantitative estimate of drug-likeness (QED) is 0.758. The van der Waals surface area contributed by atoms with Crippen molar-refractivity contribution in [3.05, 3.63) is 42.7 Å². The first kappa shape index (κ1) is 14.8. The first-order valence-electron chi connectivity index (χ1n) is 7.80. The third-order valence-corrected chi connectivity index (χ3v) is 4.27. The molecular formula is C17H21N3O2. The van der Waals surface area contributed by atoms with Crippen LogP contribution < -0.4 is 0 Å². The number of pyridine rings is 1. The van der Waals surface area contributed by atoms with Gasteiger partial charge in [0.25, 0.3) is 0 Å². The monoisotopic (exact) mass is 299 g/mol. The Morgan fingerprint density at radius 3 is 3.00 bits per heavy atom. The average Bonchev–Trinajstić information content (AvgIpc) is 2.94. The van der Waals surface area contributed by atoms with Crippen molar-refractivity contribution in [3.8, 4) is 0 Å². The second-order valence-corrected chi connectivity index (χ2v) is 5.87. The molecule has 1 aromatic rings. The highest BCUT2D eigenvalue weighted by atomic mass is 16.6. The number of amides is 1. The van der Waals surface area contributed by atoms with Crippen LogP contribution in [0.4, 0.5) is 0 Å². The average molecular weight is 299 g/mol. The van der Waals surface area contributed by atoms with Crippen molar-refractivity contribution in [2.75, 3.05) is 13.1 Å². The zero-order valence-electron chi connectivity index (χ0n) is 12.6. The third-order valence-electron chi connectivity index (χ3n) is 4.27. The number of hydrogen-bond donors (Lipinski definition) is 0. The Morgan fingerprint density at radius 1 is 1.50 bits per heavy atom. The van der Waals surface area contributed by atoms with Crippen LogP contribution in [0.15, 0.2) is 42.3 Å². The molecule has 1 aliphatic carbocycles. The minimum Gasteiger partial charge on any atom is -0.390 e. The van der Waals surface area contributed by atoms with Crippen molar-refractivity contribution >= 4 is 11.6 Å². The topological polar surface area (TPSA) is 54.8 Å². The fourth-order valence-electron chi connectivity index (χ4n) is 2.80. The van der Waals surface area contributed by atoms with Crippen molar-refractivity contribution in [1.82, 2.24) is 9.88 Å². The first-order chi connectivity index (χ1) is 10.8. The van der Waals surface area contributed by atoms with Crippen LogP contribution in [0, 0.1) is 5.92 Å². The van der Waals surface area contributed by atoms with E-state index in [9.17, 15) is 4.79 Å². The van der Waals surface area contributed by atoms with E-state index in [0.29, 0.717) is 19.5 Å². The lowest BCUT2D eigenvalue weighted by Crippen LogP contribution is -2.43. The summed E-state index contributed by atoms with van der Waals surface area (Å²) >= 11 is 0. The van der Waals surface area contributed by atoms with Crippen LogP contribution in [0.1, 0.15) is 31.2 Å². The van der Waals surface area contributed by atoms with E-state index in [0.717, 1.165) is 30.5 Å². The van der Waals surface area contributed by atoms with E-state index in [1.165, 1.54) is 0 Å². The van der Waals surface area contributed by atoms with Gasteiger partial charge >= 0.3 is 0 Å². The zero-order chi connectivity index (χ0) is 15.4. The molecule has 2 heterocycles. The summed E-state index contributed by atoms with van der Waals surface area (Å²) in [5.74, 6) is 0.421. The predicted octanol–water partition coefficient (Wildman–Crippen LogP) is 2.39. The SMILES string of the molecule is C=CCN(C[C@@H]1CC(c2cccnc2)=NO1)C(=O)C1CCC1. The van der Waals surface area contributed by atoms with Gasteiger partial charge in [-0.25, -0.2) is 0 Å². The number of oxime groups is 1. The highest BCUT2D eigenvalue weighted by molar-refractivity contribution is 6.01. The van der Waals surface area contributed by atoms with Gasteiger partial charge in [0.1, 0.15) is 0 Å². The maximum atomic E-state index is 12.4. The van der Waals surface area contributed by atoms with E-state index in [1.54, 1.807) is 18.5 Å². The van der Waals surface area contributed by atoms with Crippen molar-refractivity contribution in [2.45, 2.75) is 31.8 Å². The van der Waals surface area contributed by atoms with Gasteiger partial charge in [-0.2, -0.15) is 0 Å². The fraction of sp³-hybridized carbons (Fsp3) is 0.471. The van der Waals surface area contributed by atoms with Crippen LogP contribution in [0.2, 0.25) is 0 Å². The molecule has 1 saturated carbocycles. The van der Waals surface area contributed by atoms with Gasteiger partial charge < -0.3 is 9.74 Å². The van der Waals surface area contributed by atoms with Crippen LogP contribution in [-0.2, 0) is 9.63 Å². The summed E-state index contributed by atoms with van der Waals surface area (Å²) in [6, 6.07) is 3.86. The predicted molar refractivity (Wildman–Crippen MR) is 84.4 cm³/mol. The van der Waals surface area contributed by atoms with Gasteiger partial charge in [-0.15, -0.1) is 6.58 Å². The number of nitrogens with zero attached hydrogens (tertiary/aromatic N) is 3. The van der Waals surface area contributed by atoms with Crippen LogP contribution in [0.3, 0.4) is 0 Å². The van der Waals surface area contributed by atoms with Crippen LogP contribution in [0.25, 0.3) is 0 Å². The minimum atomic E-state index is -0.0841. The Bertz CT molecular complexity index is 567. The molecule has 0 aromatic carbocycles. The minimum absolute atomic E-state index is 0.0841. The van der Waals surface area contributed by atoms with Crippen molar-refractivity contribution < 1.29 is 9.63 Å². The molecule has 0 N–H and O–H groups in total. The molecule has 0 saturated heterocycles. The second kappa shape index (κ2) is 6.73. The highest BCUT2D eigenvalue weighted by Crippen LogP contribution is 2.29. The number of hydrogen-bond acceptors (Lipinski definition) is 4. The summed E-state index contributed by atoms with van der Waals surface area (Å²) in [4.78, 5) is 23.9. The van der Waals surface area contributed by atoms with Crippen LogP contribution >= 0.6 is 0 Å². The highest BCUT2D eigenvalue weighted by Gasteiger charge is 2.32. The molecule has 0 spiro atoms. The van der Waals surface area contributed by atoms with E-state index in [4.69, 9.17) is 4.84 Å². The Hall–Kier alpha value is -2.17. The number of carbonyl (C=O) groups excluding carboxylic acids is 1. The van der Waals surface area contributed by atoms with Crippen molar-refractivity contribution in [3.63, 3.8) is 0 Å². The maximum absolute atomic E-state index is 12.4. The third kappa shape index (κ3) is 3.18. The summed E-state index contributed by atoms with van der Waals surface area (Å²) < 4.78 is 0.